The monoisotopic (exact) mass is 270 g/mol. The number of hydrogen-bond acceptors (Lipinski definition) is 3. The number of phenolic OH excluding ortho intramolecular Hbond substituents is 1. The summed E-state index contributed by atoms with van der Waals surface area (Å²) in [5.74, 6) is 0.0773. The first-order chi connectivity index (χ1) is 9.63. The molecule has 2 rings (SSSR count). The maximum atomic E-state index is 12.6. The quantitative estimate of drug-likeness (QED) is 0.929. The van der Waals surface area contributed by atoms with Crippen molar-refractivity contribution in [3.8, 4) is 5.75 Å². The van der Waals surface area contributed by atoms with E-state index in [1.54, 1.807) is 42.4 Å². The Morgan fingerprint density at radius 2 is 1.95 bits per heavy atom. The van der Waals surface area contributed by atoms with Crippen LogP contribution in [0.25, 0.3) is 0 Å². The fourth-order valence-corrected chi connectivity index (χ4v) is 2.06. The Labute approximate surface area is 118 Å². The molecular weight excluding hydrogens is 252 g/mol. The van der Waals surface area contributed by atoms with E-state index in [2.05, 4.69) is 4.98 Å². The molecule has 104 valence electrons. The fourth-order valence-electron chi connectivity index (χ4n) is 2.06. The van der Waals surface area contributed by atoms with Crippen molar-refractivity contribution in [2.45, 2.75) is 20.4 Å². The van der Waals surface area contributed by atoms with Crippen LogP contribution in [0.2, 0.25) is 0 Å². The Balaban J connectivity index is 2.23. The van der Waals surface area contributed by atoms with E-state index in [-0.39, 0.29) is 11.7 Å². The van der Waals surface area contributed by atoms with Crippen molar-refractivity contribution in [2.75, 3.05) is 6.54 Å². The van der Waals surface area contributed by atoms with Gasteiger partial charge < -0.3 is 10.0 Å². The summed E-state index contributed by atoms with van der Waals surface area (Å²) in [6.45, 7) is 4.84. The van der Waals surface area contributed by atoms with Gasteiger partial charge in [0.15, 0.2) is 0 Å². The average Bonchev–Trinajstić information content (AvgIpc) is 2.48. The highest BCUT2D eigenvalue weighted by Crippen LogP contribution is 2.21. The molecule has 20 heavy (non-hydrogen) atoms. The van der Waals surface area contributed by atoms with Gasteiger partial charge in [0, 0.05) is 36.6 Å². The number of aromatic nitrogens is 1. The van der Waals surface area contributed by atoms with E-state index in [9.17, 15) is 9.90 Å². The van der Waals surface area contributed by atoms with Crippen LogP contribution in [0.5, 0.6) is 5.75 Å². The van der Waals surface area contributed by atoms with Gasteiger partial charge in [-0.1, -0.05) is 6.07 Å². The van der Waals surface area contributed by atoms with Gasteiger partial charge in [-0.15, -0.1) is 0 Å². The van der Waals surface area contributed by atoms with Crippen molar-refractivity contribution in [2.24, 2.45) is 0 Å². The number of amides is 1. The molecule has 1 heterocycles. The smallest absolute Gasteiger partial charge is 0.254 e. The Bertz CT molecular complexity index is 597. The second kappa shape index (κ2) is 6.19. The van der Waals surface area contributed by atoms with Crippen LogP contribution in [0, 0.1) is 6.92 Å². The molecule has 0 aliphatic heterocycles. The van der Waals surface area contributed by atoms with Crippen molar-refractivity contribution in [3.05, 3.63) is 59.4 Å². The summed E-state index contributed by atoms with van der Waals surface area (Å²) in [6.07, 6.45) is 3.43. The Kier molecular flexibility index (Phi) is 4.35. The Hall–Kier alpha value is -2.36. The lowest BCUT2D eigenvalue weighted by Gasteiger charge is -2.22. The van der Waals surface area contributed by atoms with Gasteiger partial charge in [0.25, 0.3) is 5.91 Å². The number of pyridine rings is 1. The molecule has 0 spiro atoms. The molecule has 0 unspecified atom stereocenters. The van der Waals surface area contributed by atoms with Gasteiger partial charge in [0.05, 0.1) is 0 Å². The molecule has 0 aliphatic carbocycles. The van der Waals surface area contributed by atoms with Crippen LogP contribution < -0.4 is 0 Å². The molecule has 0 saturated carbocycles. The number of carbonyl (C=O) groups excluding carboxylic acids is 1. The van der Waals surface area contributed by atoms with Gasteiger partial charge in [-0.3, -0.25) is 9.78 Å². The predicted octanol–water partition coefficient (Wildman–Crippen LogP) is 2.76. The highest BCUT2D eigenvalue weighted by atomic mass is 16.3. The van der Waals surface area contributed by atoms with Gasteiger partial charge in [-0.2, -0.15) is 0 Å². The lowest BCUT2D eigenvalue weighted by atomic mass is 10.1. The number of aromatic hydroxyl groups is 1. The number of rotatable bonds is 4. The van der Waals surface area contributed by atoms with Crippen molar-refractivity contribution < 1.29 is 9.90 Å². The molecular formula is C16H18N2O2. The summed E-state index contributed by atoms with van der Waals surface area (Å²) in [7, 11) is 0. The Morgan fingerprint density at radius 3 is 2.60 bits per heavy atom. The molecule has 1 aromatic heterocycles. The Morgan fingerprint density at radius 1 is 1.25 bits per heavy atom. The summed E-state index contributed by atoms with van der Waals surface area (Å²) in [5, 5.41) is 9.71. The van der Waals surface area contributed by atoms with Gasteiger partial charge in [-0.05, 0) is 43.7 Å². The summed E-state index contributed by atoms with van der Waals surface area (Å²) in [6, 6.07) is 8.81. The highest BCUT2D eigenvalue weighted by Gasteiger charge is 2.17. The molecule has 0 radical (unpaired) electrons. The number of hydrogen-bond donors (Lipinski definition) is 1. The van der Waals surface area contributed by atoms with E-state index in [0.717, 1.165) is 5.56 Å². The number of carbonyl (C=O) groups is 1. The lowest BCUT2D eigenvalue weighted by molar-refractivity contribution is 0.0751. The van der Waals surface area contributed by atoms with E-state index in [4.69, 9.17) is 0 Å². The molecule has 0 atom stereocenters. The standard InChI is InChI=1S/C16H18N2O2/c1-3-18(11-13-7-9-17-10-8-13)16(20)14-5-4-6-15(19)12(14)2/h4-10,19H,3,11H2,1-2H3. The molecule has 0 bridgehead atoms. The minimum absolute atomic E-state index is 0.0716. The van der Waals surface area contributed by atoms with Crippen LogP contribution in [0.3, 0.4) is 0 Å². The van der Waals surface area contributed by atoms with Gasteiger partial charge in [0.2, 0.25) is 0 Å². The third kappa shape index (κ3) is 2.96. The molecule has 2 aromatic rings. The molecule has 1 aromatic carbocycles. The molecule has 1 amide bonds. The van der Waals surface area contributed by atoms with Crippen LogP contribution in [0.15, 0.2) is 42.7 Å². The summed E-state index contributed by atoms with van der Waals surface area (Å²) in [4.78, 5) is 18.3. The predicted molar refractivity (Wildman–Crippen MR) is 77.5 cm³/mol. The normalized spacial score (nSPS) is 10.3. The van der Waals surface area contributed by atoms with Crippen LogP contribution in [0.4, 0.5) is 0 Å². The van der Waals surface area contributed by atoms with Crippen molar-refractivity contribution in [3.63, 3.8) is 0 Å². The van der Waals surface area contributed by atoms with Crippen LogP contribution in [-0.4, -0.2) is 27.4 Å². The second-order valence-electron chi connectivity index (χ2n) is 4.62. The van der Waals surface area contributed by atoms with Gasteiger partial charge in [-0.25, -0.2) is 0 Å². The zero-order valence-electron chi connectivity index (χ0n) is 11.7. The second-order valence-corrected chi connectivity index (χ2v) is 4.62. The fraction of sp³-hybridized carbons (Fsp3) is 0.250. The van der Waals surface area contributed by atoms with Crippen molar-refractivity contribution in [1.29, 1.82) is 0 Å². The zero-order valence-corrected chi connectivity index (χ0v) is 11.7. The summed E-state index contributed by atoms with van der Waals surface area (Å²) < 4.78 is 0. The maximum absolute atomic E-state index is 12.6. The van der Waals surface area contributed by atoms with E-state index in [0.29, 0.717) is 24.2 Å². The zero-order chi connectivity index (χ0) is 14.5. The van der Waals surface area contributed by atoms with Crippen LogP contribution in [0.1, 0.15) is 28.4 Å². The van der Waals surface area contributed by atoms with Crippen molar-refractivity contribution in [1.82, 2.24) is 9.88 Å². The molecule has 0 aliphatic rings. The van der Waals surface area contributed by atoms with Gasteiger partial charge >= 0.3 is 0 Å². The number of nitrogens with zero attached hydrogens (tertiary/aromatic N) is 2. The average molecular weight is 270 g/mol. The topological polar surface area (TPSA) is 53.4 Å². The molecule has 4 heteroatoms. The van der Waals surface area contributed by atoms with Crippen molar-refractivity contribution >= 4 is 5.91 Å². The number of benzene rings is 1. The first kappa shape index (κ1) is 14.1. The van der Waals surface area contributed by atoms with E-state index in [1.807, 2.05) is 19.1 Å². The maximum Gasteiger partial charge on any atom is 0.254 e. The number of phenols is 1. The third-order valence-corrected chi connectivity index (χ3v) is 3.33. The molecule has 0 fully saturated rings. The van der Waals surface area contributed by atoms with E-state index in [1.165, 1.54) is 0 Å². The minimum Gasteiger partial charge on any atom is -0.508 e. The van der Waals surface area contributed by atoms with Crippen LogP contribution >= 0.6 is 0 Å². The summed E-state index contributed by atoms with van der Waals surface area (Å²) >= 11 is 0. The van der Waals surface area contributed by atoms with E-state index >= 15 is 0 Å². The minimum atomic E-state index is -0.0716. The highest BCUT2D eigenvalue weighted by molar-refractivity contribution is 5.96. The first-order valence-electron chi connectivity index (χ1n) is 6.60. The third-order valence-electron chi connectivity index (χ3n) is 3.33. The van der Waals surface area contributed by atoms with E-state index < -0.39 is 0 Å². The largest absolute Gasteiger partial charge is 0.508 e. The van der Waals surface area contributed by atoms with Crippen LogP contribution in [-0.2, 0) is 6.54 Å². The first-order valence-corrected chi connectivity index (χ1v) is 6.60. The SMILES string of the molecule is CCN(Cc1ccncc1)C(=O)c1cccc(O)c1C. The molecule has 0 saturated heterocycles. The van der Waals surface area contributed by atoms with Gasteiger partial charge in [0.1, 0.15) is 5.75 Å². The molecule has 1 N–H and O–H groups in total. The summed E-state index contributed by atoms with van der Waals surface area (Å²) in [5.41, 5.74) is 2.19. The molecule has 4 nitrogen and oxygen atoms in total. The lowest BCUT2D eigenvalue weighted by Crippen LogP contribution is -2.30.